The van der Waals surface area contributed by atoms with Gasteiger partial charge in [0, 0.05) is 18.1 Å². The number of imidazole rings is 1. The first-order valence-electron chi connectivity index (χ1n) is 6.16. The number of benzene rings is 1. The van der Waals surface area contributed by atoms with Gasteiger partial charge in [-0.3, -0.25) is 0 Å². The minimum Gasteiger partial charge on any atom is -0.383 e. The first-order valence-corrected chi connectivity index (χ1v) is 7.53. The molecule has 4 N–H and O–H groups in total. The van der Waals surface area contributed by atoms with Crippen LogP contribution in [0.4, 0.5) is 11.6 Å². The van der Waals surface area contributed by atoms with Crippen molar-refractivity contribution >= 4 is 46.0 Å². The number of aryl methyl sites for hydroxylation is 1. The van der Waals surface area contributed by atoms with Crippen LogP contribution in [-0.4, -0.2) is 19.5 Å². The molecule has 0 atom stereocenters. The van der Waals surface area contributed by atoms with E-state index in [0.717, 1.165) is 16.9 Å². The topological polar surface area (TPSA) is 95.6 Å². The maximum atomic E-state index is 5.99. The van der Waals surface area contributed by atoms with Crippen LogP contribution in [0.15, 0.2) is 29.4 Å². The molecule has 0 spiro atoms. The molecule has 2 aromatic heterocycles. The Hall–Kier alpha value is -1.99. The number of halogens is 1. The predicted octanol–water partition coefficient (Wildman–Crippen LogP) is 2.47. The summed E-state index contributed by atoms with van der Waals surface area (Å²) in [6, 6.07) is 7.18. The van der Waals surface area contributed by atoms with Crippen molar-refractivity contribution in [3.63, 3.8) is 0 Å². The number of thioether (sulfide) groups is 1. The van der Waals surface area contributed by atoms with Gasteiger partial charge in [-0.1, -0.05) is 23.4 Å². The van der Waals surface area contributed by atoms with Crippen LogP contribution < -0.4 is 11.5 Å². The summed E-state index contributed by atoms with van der Waals surface area (Å²) in [6.45, 7) is 0. The van der Waals surface area contributed by atoms with Gasteiger partial charge >= 0.3 is 0 Å². The van der Waals surface area contributed by atoms with E-state index in [4.69, 9.17) is 23.1 Å². The normalized spacial score (nSPS) is 11.1. The van der Waals surface area contributed by atoms with Crippen LogP contribution in [0.1, 0.15) is 5.82 Å². The zero-order valence-electron chi connectivity index (χ0n) is 11.2. The van der Waals surface area contributed by atoms with Crippen LogP contribution in [0.3, 0.4) is 0 Å². The number of hydrogen-bond acceptors (Lipinski definition) is 6. The van der Waals surface area contributed by atoms with Gasteiger partial charge in [-0.05, 0) is 18.2 Å². The maximum absolute atomic E-state index is 5.99. The minimum atomic E-state index is 0.363. The van der Waals surface area contributed by atoms with Crippen LogP contribution in [0.5, 0.6) is 0 Å². The smallest absolute Gasteiger partial charge is 0.191 e. The second kappa shape index (κ2) is 5.42. The van der Waals surface area contributed by atoms with E-state index < -0.39 is 0 Å². The summed E-state index contributed by atoms with van der Waals surface area (Å²) in [5, 5.41) is 1.21. The Kier molecular flexibility index (Phi) is 3.60. The highest BCUT2D eigenvalue weighted by Crippen LogP contribution is 2.24. The highest BCUT2D eigenvalue weighted by molar-refractivity contribution is 7.98. The molecule has 3 rings (SSSR count). The third-order valence-electron chi connectivity index (χ3n) is 3.01. The Morgan fingerprint density at radius 2 is 1.86 bits per heavy atom. The van der Waals surface area contributed by atoms with E-state index in [0.29, 0.717) is 27.6 Å². The summed E-state index contributed by atoms with van der Waals surface area (Å²) < 4.78 is 2.02. The van der Waals surface area contributed by atoms with Crippen molar-refractivity contribution in [3.05, 3.63) is 35.1 Å². The van der Waals surface area contributed by atoms with Gasteiger partial charge in [0.25, 0.3) is 0 Å². The molecule has 0 saturated carbocycles. The second-order valence-electron chi connectivity index (χ2n) is 4.51. The molecule has 0 saturated heterocycles. The fourth-order valence-corrected chi connectivity index (χ4v) is 3.03. The van der Waals surface area contributed by atoms with Crippen LogP contribution in [0.25, 0.3) is 11.0 Å². The van der Waals surface area contributed by atoms with Crippen molar-refractivity contribution in [1.29, 1.82) is 0 Å². The Morgan fingerprint density at radius 1 is 1.14 bits per heavy atom. The lowest BCUT2D eigenvalue weighted by Gasteiger charge is -2.03. The van der Waals surface area contributed by atoms with Gasteiger partial charge in [0.2, 0.25) is 0 Å². The number of nitrogen functional groups attached to an aromatic ring is 2. The lowest BCUT2D eigenvalue weighted by molar-refractivity contribution is 0.873. The number of nitrogens with two attached hydrogens (primary N) is 2. The number of nitrogens with zero attached hydrogens (tertiary/aromatic N) is 4. The number of fused-ring (bicyclic) bond motifs is 1. The highest BCUT2D eigenvalue weighted by atomic mass is 35.5. The van der Waals surface area contributed by atoms with Crippen LogP contribution in [-0.2, 0) is 12.8 Å². The van der Waals surface area contributed by atoms with Gasteiger partial charge in [0.05, 0.1) is 16.8 Å². The van der Waals surface area contributed by atoms with Gasteiger partial charge < -0.3 is 16.0 Å². The fraction of sp³-hybridized carbons (Fsp3) is 0.154. The number of hydrogen-bond donors (Lipinski definition) is 2. The van der Waals surface area contributed by atoms with Gasteiger partial charge in [0.1, 0.15) is 17.5 Å². The van der Waals surface area contributed by atoms with E-state index in [1.54, 1.807) is 0 Å². The molecule has 3 aromatic rings. The largest absolute Gasteiger partial charge is 0.383 e. The van der Waals surface area contributed by atoms with Crippen molar-refractivity contribution in [3.8, 4) is 0 Å². The molecule has 1 aromatic carbocycles. The number of rotatable bonds is 3. The van der Waals surface area contributed by atoms with Crippen molar-refractivity contribution in [2.45, 2.75) is 10.9 Å². The second-order valence-corrected chi connectivity index (χ2v) is 5.89. The molecule has 108 valence electrons. The lowest BCUT2D eigenvalue weighted by atomic mass is 10.3. The van der Waals surface area contributed by atoms with E-state index >= 15 is 0 Å². The first-order chi connectivity index (χ1) is 10.0. The maximum Gasteiger partial charge on any atom is 0.191 e. The van der Waals surface area contributed by atoms with E-state index in [-0.39, 0.29) is 0 Å². The van der Waals surface area contributed by atoms with Crippen molar-refractivity contribution in [2.75, 3.05) is 11.5 Å². The molecule has 0 aliphatic rings. The van der Waals surface area contributed by atoms with E-state index in [9.17, 15) is 0 Å². The molecule has 0 aliphatic carbocycles. The zero-order valence-corrected chi connectivity index (χ0v) is 12.8. The zero-order chi connectivity index (χ0) is 15.0. The Bertz CT molecular complexity index is 796. The van der Waals surface area contributed by atoms with E-state index in [2.05, 4.69) is 15.0 Å². The molecular weight excluding hydrogens is 308 g/mol. The van der Waals surface area contributed by atoms with Gasteiger partial charge in [-0.2, -0.15) is 0 Å². The Morgan fingerprint density at radius 3 is 2.57 bits per heavy atom. The van der Waals surface area contributed by atoms with Gasteiger partial charge in [-0.15, -0.1) is 0 Å². The standard InChI is InChI=1S/C13H13ClN6S/c1-20-9-3-2-7(14)4-8(9)17-12(20)6-21-13-18-10(15)5-11(16)19-13/h2-5H,6H2,1H3,(H4,15,16,18,19). The quantitative estimate of drug-likeness (QED) is 0.568. The summed E-state index contributed by atoms with van der Waals surface area (Å²) in [4.78, 5) is 12.8. The Balaban J connectivity index is 1.86. The molecule has 0 unspecified atom stereocenters. The minimum absolute atomic E-state index is 0.363. The summed E-state index contributed by atoms with van der Waals surface area (Å²) in [5.74, 6) is 2.25. The first kappa shape index (κ1) is 14.0. The summed E-state index contributed by atoms with van der Waals surface area (Å²) in [7, 11) is 1.97. The fourth-order valence-electron chi connectivity index (χ4n) is 2.01. The van der Waals surface area contributed by atoms with Crippen molar-refractivity contribution in [1.82, 2.24) is 19.5 Å². The summed E-state index contributed by atoms with van der Waals surface area (Å²) in [5.41, 5.74) is 13.2. The van der Waals surface area contributed by atoms with Crippen LogP contribution in [0.2, 0.25) is 5.02 Å². The molecule has 0 amide bonds. The molecule has 0 radical (unpaired) electrons. The van der Waals surface area contributed by atoms with E-state index in [1.165, 1.54) is 17.8 Å². The number of anilines is 2. The average Bonchev–Trinajstić information content (AvgIpc) is 2.71. The summed E-state index contributed by atoms with van der Waals surface area (Å²) >= 11 is 7.42. The third-order valence-corrected chi connectivity index (χ3v) is 4.09. The van der Waals surface area contributed by atoms with Crippen LogP contribution in [0, 0.1) is 0 Å². The molecule has 21 heavy (non-hydrogen) atoms. The van der Waals surface area contributed by atoms with Crippen LogP contribution >= 0.6 is 23.4 Å². The van der Waals surface area contributed by atoms with Gasteiger partial charge in [-0.25, -0.2) is 15.0 Å². The van der Waals surface area contributed by atoms with Crippen molar-refractivity contribution in [2.24, 2.45) is 7.05 Å². The monoisotopic (exact) mass is 320 g/mol. The Labute approximate surface area is 130 Å². The van der Waals surface area contributed by atoms with Gasteiger partial charge in [0.15, 0.2) is 5.16 Å². The molecule has 0 bridgehead atoms. The van der Waals surface area contributed by atoms with Crippen molar-refractivity contribution < 1.29 is 0 Å². The molecule has 2 heterocycles. The number of aromatic nitrogens is 4. The lowest BCUT2D eigenvalue weighted by Crippen LogP contribution is -2.00. The molecular formula is C13H13ClN6S. The molecule has 6 nitrogen and oxygen atoms in total. The van der Waals surface area contributed by atoms with E-state index in [1.807, 2.05) is 29.8 Å². The summed E-state index contributed by atoms with van der Waals surface area (Å²) in [6.07, 6.45) is 0. The molecule has 0 fully saturated rings. The average molecular weight is 321 g/mol. The predicted molar refractivity (Wildman–Crippen MR) is 86.1 cm³/mol. The SMILES string of the molecule is Cn1c(CSc2nc(N)cc(N)n2)nc2cc(Cl)ccc21. The third kappa shape index (κ3) is 2.88. The molecule has 0 aliphatic heterocycles. The molecule has 8 heteroatoms. The highest BCUT2D eigenvalue weighted by Gasteiger charge is 2.10.